The van der Waals surface area contributed by atoms with Crippen molar-refractivity contribution < 1.29 is 22.0 Å². The molecule has 5 nitrogen and oxygen atoms in total. The molecule has 1 unspecified atom stereocenters. The number of sulfonamides is 1. The van der Waals surface area contributed by atoms with E-state index < -0.39 is 38.5 Å². The quantitative estimate of drug-likeness (QED) is 0.915. The van der Waals surface area contributed by atoms with Crippen LogP contribution in [0, 0.1) is 11.6 Å². The predicted molar refractivity (Wildman–Crippen MR) is 80.6 cm³/mol. The first-order valence-electron chi connectivity index (χ1n) is 6.72. The average Bonchev–Trinajstić information content (AvgIpc) is 2.50. The van der Waals surface area contributed by atoms with Gasteiger partial charge in [0.25, 0.3) is 10.0 Å². The van der Waals surface area contributed by atoms with Gasteiger partial charge in [0.15, 0.2) is 0 Å². The molecule has 3 rings (SSSR count). The van der Waals surface area contributed by atoms with Gasteiger partial charge in [-0.25, -0.2) is 17.2 Å². The summed E-state index contributed by atoms with van der Waals surface area (Å²) in [6.45, 7) is 1.38. The second kappa shape index (κ2) is 5.31. The Balaban J connectivity index is 2.23. The number of benzene rings is 2. The van der Waals surface area contributed by atoms with E-state index in [4.69, 9.17) is 0 Å². The number of fused-ring (bicyclic) bond motifs is 1. The second-order valence-corrected chi connectivity index (χ2v) is 6.84. The van der Waals surface area contributed by atoms with Gasteiger partial charge in [-0.1, -0.05) is 12.1 Å². The molecule has 2 aromatic rings. The van der Waals surface area contributed by atoms with E-state index in [2.05, 4.69) is 5.32 Å². The summed E-state index contributed by atoms with van der Waals surface area (Å²) in [6, 6.07) is 7.31. The molecular formula is C15H12F2N2O3S. The summed E-state index contributed by atoms with van der Waals surface area (Å²) in [6.07, 6.45) is 0. The van der Waals surface area contributed by atoms with Crippen LogP contribution in [0.1, 0.15) is 6.92 Å². The molecule has 0 aliphatic carbocycles. The Bertz CT molecular complexity index is 899. The largest absolute Gasteiger partial charge is 0.322 e. The summed E-state index contributed by atoms with van der Waals surface area (Å²) < 4.78 is 53.8. The highest BCUT2D eigenvalue weighted by molar-refractivity contribution is 7.93. The second-order valence-electron chi connectivity index (χ2n) is 5.06. The number of anilines is 2. The zero-order valence-electron chi connectivity index (χ0n) is 12.0. The molecule has 1 aliphatic rings. The molecule has 120 valence electrons. The van der Waals surface area contributed by atoms with Crippen molar-refractivity contribution in [2.24, 2.45) is 0 Å². The molecule has 1 amide bonds. The molecule has 1 aliphatic heterocycles. The number of nitrogens with zero attached hydrogens (tertiary/aromatic N) is 1. The highest BCUT2D eigenvalue weighted by Crippen LogP contribution is 2.36. The number of rotatable bonds is 2. The van der Waals surface area contributed by atoms with Gasteiger partial charge in [0.1, 0.15) is 22.6 Å². The average molecular weight is 338 g/mol. The predicted octanol–water partition coefficient (Wildman–Crippen LogP) is 2.50. The van der Waals surface area contributed by atoms with Crippen LogP contribution in [0.4, 0.5) is 20.2 Å². The van der Waals surface area contributed by atoms with Gasteiger partial charge in [-0.05, 0) is 37.3 Å². The number of carbonyl (C=O) groups excluding carboxylic acids is 1. The summed E-state index contributed by atoms with van der Waals surface area (Å²) in [5.41, 5.74) is 0.485. The van der Waals surface area contributed by atoms with E-state index in [9.17, 15) is 22.0 Å². The third-order valence-electron chi connectivity index (χ3n) is 3.56. The molecule has 0 radical (unpaired) electrons. The summed E-state index contributed by atoms with van der Waals surface area (Å²) in [4.78, 5) is 11.2. The van der Waals surface area contributed by atoms with Crippen LogP contribution >= 0.6 is 0 Å². The number of amides is 1. The number of hydrogen-bond donors (Lipinski definition) is 1. The van der Waals surface area contributed by atoms with Crippen LogP contribution in [0.5, 0.6) is 0 Å². The molecular weight excluding hydrogens is 326 g/mol. The maximum absolute atomic E-state index is 13.9. The van der Waals surface area contributed by atoms with Gasteiger partial charge in [0, 0.05) is 0 Å². The lowest BCUT2D eigenvalue weighted by molar-refractivity contribution is -0.117. The lowest BCUT2D eigenvalue weighted by Crippen LogP contribution is -2.49. The highest BCUT2D eigenvalue weighted by atomic mass is 32.2. The van der Waals surface area contributed by atoms with E-state index in [1.54, 1.807) is 12.1 Å². The van der Waals surface area contributed by atoms with Crippen molar-refractivity contribution in [1.29, 1.82) is 0 Å². The first-order chi connectivity index (χ1) is 10.8. The Labute approximate surface area is 131 Å². The molecule has 8 heteroatoms. The molecule has 1 N–H and O–H groups in total. The van der Waals surface area contributed by atoms with Crippen molar-refractivity contribution in [2.75, 3.05) is 9.62 Å². The minimum atomic E-state index is -4.45. The van der Waals surface area contributed by atoms with Gasteiger partial charge in [-0.2, -0.15) is 0 Å². The molecule has 0 saturated carbocycles. The van der Waals surface area contributed by atoms with E-state index in [1.807, 2.05) is 0 Å². The summed E-state index contributed by atoms with van der Waals surface area (Å²) in [5.74, 6) is -2.52. The molecule has 0 aromatic heterocycles. The molecule has 0 bridgehead atoms. The van der Waals surface area contributed by atoms with E-state index in [1.165, 1.54) is 19.1 Å². The molecule has 1 atom stereocenters. The van der Waals surface area contributed by atoms with Gasteiger partial charge in [0.2, 0.25) is 5.91 Å². The Morgan fingerprint density at radius 1 is 1.13 bits per heavy atom. The first kappa shape index (κ1) is 15.4. The third kappa shape index (κ3) is 2.44. The fourth-order valence-electron chi connectivity index (χ4n) is 2.44. The zero-order valence-corrected chi connectivity index (χ0v) is 12.8. The van der Waals surface area contributed by atoms with Gasteiger partial charge in [0.05, 0.1) is 11.4 Å². The molecule has 1 heterocycles. The summed E-state index contributed by atoms with van der Waals surface area (Å²) >= 11 is 0. The summed E-state index contributed by atoms with van der Waals surface area (Å²) in [7, 11) is -4.45. The van der Waals surface area contributed by atoms with Crippen molar-refractivity contribution in [1.82, 2.24) is 0 Å². The van der Waals surface area contributed by atoms with Crippen LogP contribution in [0.25, 0.3) is 0 Å². The van der Waals surface area contributed by atoms with Gasteiger partial charge < -0.3 is 5.32 Å². The number of carbonyl (C=O) groups is 1. The number of nitrogens with one attached hydrogen (secondary N) is 1. The number of hydrogen-bond acceptors (Lipinski definition) is 3. The maximum Gasteiger partial charge on any atom is 0.268 e. The Kier molecular flexibility index (Phi) is 3.56. The van der Waals surface area contributed by atoms with Crippen LogP contribution in [-0.2, 0) is 14.8 Å². The van der Waals surface area contributed by atoms with E-state index in [0.717, 1.165) is 16.4 Å². The SMILES string of the molecule is CC1C(=O)Nc2ccccc2N1S(=O)(=O)c1cc(F)ccc1F. The Morgan fingerprint density at radius 3 is 2.57 bits per heavy atom. The molecule has 0 spiro atoms. The Morgan fingerprint density at radius 2 is 1.83 bits per heavy atom. The number of para-hydroxylation sites is 2. The fraction of sp³-hybridized carbons (Fsp3) is 0.133. The molecule has 2 aromatic carbocycles. The molecule has 0 fully saturated rings. The Hall–Kier alpha value is -2.48. The van der Waals surface area contributed by atoms with E-state index in [0.29, 0.717) is 6.07 Å². The lowest BCUT2D eigenvalue weighted by atomic mass is 10.1. The van der Waals surface area contributed by atoms with Gasteiger partial charge in [-0.15, -0.1) is 0 Å². The van der Waals surface area contributed by atoms with Crippen LogP contribution < -0.4 is 9.62 Å². The van der Waals surface area contributed by atoms with Gasteiger partial charge in [-0.3, -0.25) is 9.10 Å². The van der Waals surface area contributed by atoms with Crippen molar-refractivity contribution in [3.8, 4) is 0 Å². The monoisotopic (exact) mass is 338 g/mol. The first-order valence-corrected chi connectivity index (χ1v) is 8.16. The molecule has 23 heavy (non-hydrogen) atoms. The van der Waals surface area contributed by atoms with Crippen LogP contribution in [0.15, 0.2) is 47.4 Å². The van der Waals surface area contributed by atoms with E-state index in [-0.39, 0.29) is 11.4 Å². The zero-order chi connectivity index (χ0) is 16.8. The summed E-state index contributed by atoms with van der Waals surface area (Å²) in [5, 5.41) is 2.58. The van der Waals surface area contributed by atoms with Crippen molar-refractivity contribution in [2.45, 2.75) is 17.9 Å². The number of halogens is 2. The smallest absolute Gasteiger partial charge is 0.268 e. The van der Waals surface area contributed by atoms with E-state index >= 15 is 0 Å². The van der Waals surface area contributed by atoms with Gasteiger partial charge >= 0.3 is 0 Å². The van der Waals surface area contributed by atoms with Crippen LogP contribution in [0.3, 0.4) is 0 Å². The van der Waals surface area contributed by atoms with Crippen molar-refractivity contribution in [3.63, 3.8) is 0 Å². The van der Waals surface area contributed by atoms with Crippen molar-refractivity contribution in [3.05, 3.63) is 54.1 Å². The topological polar surface area (TPSA) is 66.5 Å². The maximum atomic E-state index is 13.9. The van der Waals surface area contributed by atoms with Crippen molar-refractivity contribution >= 4 is 27.3 Å². The van der Waals surface area contributed by atoms with Crippen LogP contribution in [0.2, 0.25) is 0 Å². The standard InChI is InChI=1S/C15H12F2N2O3S/c1-9-15(20)18-12-4-2-3-5-13(12)19(9)23(21,22)14-8-10(16)6-7-11(14)17/h2-9H,1H3,(H,18,20). The minimum absolute atomic E-state index is 0.197. The fourth-order valence-corrected chi connectivity index (χ4v) is 4.16. The van der Waals surface area contributed by atoms with Crippen LogP contribution in [-0.4, -0.2) is 20.4 Å². The normalized spacial score (nSPS) is 17.6. The minimum Gasteiger partial charge on any atom is -0.322 e. The molecule has 0 saturated heterocycles. The lowest BCUT2D eigenvalue weighted by Gasteiger charge is -2.35. The third-order valence-corrected chi connectivity index (χ3v) is 5.46. The highest BCUT2D eigenvalue weighted by Gasteiger charge is 2.39.